The van der Waals surface area contributed by atoms with E-state index in [-0.39, 0.29) is 82.3 Å². The largest absolute Gasteiger partial charge is 3.00 e. The van der Waals surface area contributed by atoms with Gasteiger partial charge in [-0.3, -0.25) is 0 Å². The topological polar surface area (TPSA) is 176 Å². The van der Waals surface area contributed by atoms with Crippen molar-refractivity contribution in [3.05, 3.63) is 173 Å². The standard InChI is InChI=1S/3C29H43O4P.Al/c3*1-26(2,3)20-13-15-22-24(28(7,8)9)18(20)17-19-21(27(4,5)6)14-16-23(25(19)29(10,11)12)33-34(30,31)32-22;/h3*13-16H,17H2,1-12H3,(H,30,31);/q;;;+3/p-3. The van der Waals surface area contributed by atoms with Crippen LogP contribution in [0.3, 0.4) is 0 Å². The van der Waals surface area contributed by atoms with Gasteiger partial charge in [0.1, 0.15) is 34.5 Å². The molecule has 0 fully saturated rings. The minimum atomic E-state index is -4.68. The molecule has 0 spiro atoms. The van der Waals surface area contributed by atoms with E-state index in [2.05, 4.69) is 249 Å². The molecule has 0 radical (unpaired) electrons. The minimum Gasteiger partial charge on any atom is -0.736 e. The maximum atomic E-state index is 13.2. The van der Waals surface area contributed by atoms with Gasteiger partial charge in [0, 0.05) is 33.4 Å². The molecular weight excluding hydrogens is 1360 g/mol. The van der Waals surface area contributed by atoms with E-state index in [0.29, 0.717) is 53.8 Å². The molecule has 0 amide bonds. The summed E-state index contributed by atoms with van der Waals surface area (Å²) in [5.41, 5.74) is 16.8. The number of benzene rings is 6. The van der Waals surface area contributed by atoms with Crippen LogP contribution in [-0.2, 0) is 97.9 Å². The van der Waals surface area contributed by atoms with E-state index in [1.54, 1.807) is 36.4 Å². The molecule has 3 aliphatic heterocycles. The second-order valence-corrected chi connectivity index (χ2v) is 45.0. The van der Waals surface area contributed by atoms with Crippen LogP contribution in [0.1, 0.15) is 349 Å². The number of phosphoric acid groups is 3. The van der Waals surface area contributed by atoms with Crippen molar-refractivity contribution < 1.29 is 55.5 Å². The molecule has 12 nitrogen and oxygen atoms in total. The second-order valence-electron chi connectivity index (χ2n) is 41.2. The molecule has 16 heteroatoms. The van der Waals surface area contributed by atoms with Crippen LogP contribution in [0.2, 0.25) is 0 Å². The van der Waals surface area contributed by atoms with Crippen LogP contribution in [0.4, 0.5) is 0 Å². The van der Waals surface area contributed by atoms with Gasteiger partial charge in [-0.05, 0) is 187 Å². The summed E-state index contributed by atoms with van der Waals surface area (Å²) in [5, 5.41) is 0. The van der Waals surface area contributed by atoms with Crippen molar-refractivity contribution in [3.63, 3.8) is 0 Å². The molecule has 0 saturated carbocycles. The summed E-state index contributed by atoms with van der Waals surface area (Å²) in [6, 6.07) is 22.9. The average molecular weight is 1480 g/mol. The SMILES string of the molecule is CC(C)(C)c1ccc2c(C(C)(C)C)c1Cc1c(C(C)(C)C)ccc(c1C(C)(C)C)OP(=O)([O-])O2.CC(C)(C)c1ccc2c(C(C)(C)C)c1Cc1c(C(C)(C)C)ccc(c1C(C)(C)C)OP(=O)([O-])O2.CC(C)(C)c1ccc2c(C(C)(C)C)c1Cc1c(C(C)(C)C)ccc(c1C(C)(C)C)OP(=O)([O-])O2.[Al+3]. The predicted octanol–water partition coefficient (Wildman–Crippen LogP) is 22.7. The summed E-state index contributed by atoms with van der Waals surface area (Å²) in [5.74, 6) is 2.13. The number of hydrogen-bond donors (Lipinski definition) is 0. The number of phosphoric ester groups is 3. The van der Waals surface area contributed by atoms with Gasteiger partial charge in [-0.15, -0.1) is 0 Å². The Kier molecular flexibility index (Phi) is 24.0. The summed E-state index contributed by atoms with van der Waals surface area (Å²) >= 11 is 0. The van der Waals surface area contributed by atoms with Gasteiger partial charge in [0.25, 0.3) is 0 Å². The molecule has 3 heterocycles. The Labute approximate surface area is 633 Å². The molecule has 12 bridgehead atoms. The van der Waals surface area contributed by atoms with Crippen LogP contribution in [0.25, 0.3) is 0 Å². The molecule has 3 aliphatic rings. The monoisotopic (exact) mass is 1480 g/mol. The van der Waals surface area contributed by atoms with Crippen LogP contribution >= 0.6 is 23.5 Å². The third kappa shape index (κ3) is 19.8. The van der Waals surface area contributed by atoms with Crippen LogP contribution in [-0.4, -0.2) is 17.4 Å². The molecule has 0 atom stereocenters. The van der Waals surface area contributed by atoms with Crippen molar-refractivity contribution in [3.8, 4) is 34.5 Å². The van der Waals surface area contributed by atoms with E-state index in [1.165, 1.54) is 33.4 Å². The third-order valence-corrected chi connectivity index (χ3v) is 21.8. The average Bonchev–Trinajstić information content (AvgIpc) is 0.746. The normalized spacial score (nSPS) is 16.3. The molecule has 564 valence electrons. The Morgan fingerprint density at radius 2 is 0.320 bits per heavy atom. The third-order valence-electron chi connectivity index (χ3n) is 19.3. The van der Waals surface area contributed by atoms with Crippen molar-refractivity contribution in [1.29, 1.82) is 0 Å². The van der Waals surface area contributed by atoms with E-state index in [1.807, 2.05) is 36.4 Å². The van der Waals surface area contributed by atoms with Gasteiger partial charge in [-0.1, -0.05) is 286 Å². The van der Waals surface area contributed by atoms with Gasteiger partial charge in [0.2, 0.25) is 0 Å². The van der Waals surface area contributed by atoms with Gasteiger partial charge >= 0.3 is 40.8 Å². The van der Waals surface area contributed by atoms with Crippen LogP contribution < -0.4 is 41.8 Å². The molecule has 0 saturated heterocycles. The smallest absolute Gasteiger partial charge is 0.736 e. The number of fused-ring (bicyclic) bond motifs is 12. The van der Waals surface area contributed by atoms with Gasteiger partial charge in [-0.2, -0.15) is 0 Å². The van der Waals surface area contributed by atoms with Gasteiger partial charge in [0.15, 0.2) is 0 Å². The van der Waals surface area contributed by atoms with Crippen LogP contribution in [0.5, 0.6) is 34.5 Å². The Morgan fingerprint density at radius 3 is 0.408 bits per heavy atom. The summed E-state index contributed by atoms with van der Waals surface area (Å²) in [7, 11) is -14.1. The minimum absolute atomic E-state index is 0. The molecule has 0 aromatic heterocycles. The van der Waals surface area contributed by atoms with Crippen molar-refractivity contribution >= 4 is 40.8 Å². The fourth-order valence-electron chi connectivity index (χ4n) is 15.8. The van der Waals surface area contributed by atoms with E-state index in [4.69, 9.17) is 27.1 Å². The molecular formula is C87H126AlO12P3. The maximum Gasteiger partial charge on any atom is 3.00 e. The molecule has 103 heavy (non-hydrogen) atoms. The maximum absolute atomic E-state index is 13.2. The van der Waals surface area contributed by atoms with Crippen molar-refractivity contribution in [2.24, 2.45) is 0 Å². The summed E-state index contributed by atoms with van der Waals surface area (Å²) < 4.78 is 73.7. The molecule has 0 aliphatic carbocycles. The van der Waals surface area contributed by atoms with Gasteiger partial charge in [0.05, 0.1) is 0 Å². The van der Waals surface area contributed by atoms with Crippen molar-refractivity contribution in [1.82, 2.24) is 0 Å². The predicted molar refractivity (Wildman–Crippen MR) is 424 cm³/mol. The first-order chi connectivity index (χ1) is 45.4. The van der Waals surface area contributed by atoms with Crippen molar-refractivity contribution in [2.45, 2.75) is 333 Å². The Bertz CT molecular complexity index is 3630. The quantitative estimate of drug-likeness (QED) is 0.104. The van der Waals surface area contributed by atoms with Crippen molar-refractivity contribution in [2.75, 3.05) is 0 Å². The van der Waals surface area contributed by atoms with E-state index in [9.17, 15) is 28.4 Å². The van der Waals surface area contributed by atoms with Gasteiger partial charge in [-0.25, -0.2) is 13.7 Å². The first-order valence-corrected chi connectivity index (χ1v) is 40.9. The molecule has 6 aromatic carbocycles. The Hall–Kier alpha value is -4.78. The summed E-state index contributed by atoms with van der Waals surface area (Å²) in [4.78, 5) is 39.6. The van der Waals surface area contributed by atoms with Crippen LogP contribution in [0.15, 0.2) is 72.8 Å². The zero-order valence-corrected chi connectivity index (χ0v) is 73.7. The van der Waals surface area contributed by atoms with Crippen LogP contribution in [0, 0.1) is 0 Å². The van der Waals surface area contributed by atoms with E-state index >= 15 is 0 Å². The zero-order chi connectivity index (χ0) is 78.2. The second kappa shape index (κ2) is 28.3. The number of hydrogen-bond acceptors (Lipinski definition) is 12. The first kappa shape index (κ1) is 87.1. The Balaban J connectivity index is 0.000000241. The van der Waals surface area contributed by atoms with E-state index in [0.717, 1.165) is 66.8 Å². The fraction of sp³-hybridized carbons (Fsp3) is 0.586. The van der Waals surface area contributed by atoms with E-state index < -0.39 is 23.5 Å². The molecule has 9 rings (SSSR count). The van der Waals surface area contributed by atoms with Gasteiger partial charge < -0.3 is 41.8 Å². The molecule has 0 N–H and O–H groups in total. The molecule has 6 aromatic rings. The Morgan fingerprint density at radius 1 is 0.214 bits per heavy atom. The molecule has 0 unspecified atom stereocenters. The number of rotatable bonds is 0. The first-order valence-electron chi connectivity index (χ1n) is 36.5. The summed E-state index contributed by atoms with van der Waals surface area (Å²) in [6.45, 7) is 77.7. The fourth-order valence-corrected chi connectivity index (χ4v) is 18.2. The summed E-state index contributed by atoms with van der Waals surface area (Å²) in [6.07, 6.45) is 2.03. The zero-order valence-electron chi connectivity index (χ0n) is 69.9.